The molecule has 0 amide bonds. The molecule has 28 heavy (non-hydrogen) atoms. The van der Waals surface area contributed by atoms with Crippen molar-refractivity contribution < 1.29 is 8.42 Å². The Labute approximate surface area is 169 Å². The minimum atomic E-state index is -3.58. The zero-order valence-electron chi connectivity index (χ0n) is 17.1. The fourth-order valence-electron chi connectivity index (χ4n) is 3.80. The van der Waals surface area contributed by atoms with Crippen LogP contribution in [0, 0.1) is 0 Å². The second-order valence-corrected chi connectivity index (χ2v) is 9.58. The summed E-state index contributed by atoms with van der Waals surface area (Å²) in [6.07, 6.45) is 2.36. The number of hydrogen-bond acceptors (Lipinski definition) is 4. The number of rotatable bonds is 8. The van der Waals surface area contributed by atoms with Crippen LogP contribution in [-0.2, 0) is 16.6 Å². The summed E-state index contributed by atoms with van der Waals surface area (Å²) in [6, 6.07) is 14.9. The summed E-state index contributed by atoms with van der Waals surface area (Å²) < 4.78 is 28.0. The van der Waals surface area contributed by atoms with Crippen LogP contribution in [-0.4, -0.2) is 51.9 Å². The first kappa shape index (κ1) is 20.8. The van der Waals surface area contributed by atoms with Crippen molar-refractivity contribution in [3.05, 3.63) is 59.7 Å². The maximum atomic E-state index is 12.7. The molecule has 1 fully saturated rings. The first-order valence-corrected chi connectivity index (χ1v) is 11.4. The highest BCUT2D eigenvalue weighted by atomic mass is 32.2. The Bertz CT molecular complexity index is 862. The van der Waals surface area contributed by atoms with Crippen LogP contribution >= 0.6 is 0 Å². The van der Waals surface area contributed by atoms with E-state index in [2.05, 4.69) is 33.6 Å². The van der Waals surface area contributed by atoms with Crippen molar-refractivity contribution in [1.29, 1.82) is 0 Å². The molecule has 0 aromatic heterocycles. The Morgan fingerprint density at radius 3 is 2.36 bits per heavy atom. The van der Waals surface area contributed by atoms with Gasteiger partial charge in [0, 0.05) is 18.8 Å². The minimum Gasteiger partial charge on any atom is -0.305 e. The van der Waals surface area contributed by atoms with Crippen molar-refractivity contribution in [2.75, 3.05) is 38.5 Å². The lowest BCUT2D eigenvalue weighted by Gasteiger charge is -2.15. The van der Waals surface area contributed by atoms with E-state index in [0.717, 1.165) is 31.7 Å². The Hall–Kier alpha value is -1.89. The number of benzene rings is 2. The van der Waals surface area contributed by atoms with E-state index in [1.807, 2.05) is 38.4 Å². The molecule has 0 spiro atoms. The number of nitrogens with one attached hydrogen (secondary N) is 1. The second-order valence-electron chi connectivity index (χ2n) is 7.90. The van der Waals surface area contributed by atoms with Crippen LogP contribution in [0.1, 0.15) is 36.8 Å². The number of sulfonamides is 1. The van der Waals surface area contributed by atoms with E-state index in [0.29, 0.717) is 11.6 Å². The van der Waals surface area contributed by atoms with Gasteiger partial charge in [0.05, 0.1) is 4.90 Å². The molecule has 0 radical (unpaired) electrons. The molecule has 0 saturated carbocycles. The molecule has 1 aliphatic rings. The highest BCUT2D eigenvalue weighted by molar-refractivity contribution is 7.92. The second kappa shape index (κ2) is 9.07. The van der Waals surface area contributed by atoms with Gasteiger partial charge in [-0.25, -0.2) is 8.42 Å². The van der Waals surface area contributed by atoms with Gasteiger partial charge in [-0.15, -0.1) is 0 Å². The lowest BCUT2D eigenvalue weighted by atomic mass is 9.98. The fraction of sp³-hybridized carbons (Fsp3) is 0.455. The highest BCUT2D eigenvalue weighted by Gasteiger charge is 2.23. The van der Waals surface area contributed by atoms with Crippen molar-refractivity contribution in [1.82, 2.24) is 9.80 Å². The van der Waals surface area contributed by atoms with Crippen molar-refractivity contribution in [2.45, 2.75) is 37.1 Å². The lowest BCUT2D eigenvalue weighted by molar-refractivity contribution is 0.335. The molecule has 2 aromatic carbocycles. The summed E-state index contributed by atoms with van der Waals surface area (Å²) in [5.41, 5.74) is 2.97. The molecule has 3 rings (SSSR count). The van der Waals surface area contributed by atoms with E-state index >= 15 is 0 Å². The Morgan fingerprint density at radius 2 is 1.75 bits per heavy atom. The molecule has 152 valence electrons. The van der Waals surface area contributed by atoms with E-state index < -0.39 is 10.0 Å². The molecule has 6 heteroatoms. The molecule has 1 aliphatic heterocycles. The van der Waals surface area contributed by atoms with Crippen molar-refractivity contribution in [3.63, 3.8) is 0 Å². The molecule has 1 heterocycles. The Balaban J connectivity index is 1.64. The zero-order valence-corrected chi connectivity index (χ0v) is 17.9. The third kappa shape index (κ3) is 5.34. The summed E-state index contributed by atoms with van der Waals surface area (Å²) in [4.78, 5) is 4.83. The number of nitrogens with zero attached hydrogens (tertiary/aromatic N) is 2. The minimum absolute atomic E-state index is 0.282. The molecule has 1 unspecified atom stereocenters. The van der Waals surface area contributed by atoms with E-state index in [1.165, 1.54) is 18.4 Å². The summed E-state index contributed by atoms with van der Waals surface area (Å²) in [6.45, 7) is 6.40. The molecule has 5 nitrogen and oxygen atoms in total. The number of hydrogen-bond donors (Lipinski definition) is 1. The molecule has 0 bridgehead atoms. The predicted octanol–water partition coefficient (Wildman–Crippen LogP) is 3.75. The lowest BCUT2D eigenvalue weighted by Crippen LogP contribution is -2.20. The van der Waals surface area contributed by atoms with E-state index in [-0.39, 0.29) is 4.90 Å². The molecule has 0 aliphatic carbocycles. The average molecular weight is 402 g/mol. The van der Waals surface area contributed by atoms with Gasteiger partial charge in [-0.2, -0.15) is 0 Å². The molecular weight excluding hydrogens is 370 g/mol. The summed E-state index contributed by atoms with van der Waals surface area (Å²) in [5, 5.41) is 0. The van der Waals surface area contributed by atoms with Crippen LogP contribution in [0.5, 0.6) is 0 Å². The van der Waals surface area contributed by atoms with E-state index in [4.69, 9.17) is 0 Å². The molecule has 1 atom stereocenters. The van der Waals surface area contributed by atoms with Crippen LogP contribution < -0.4 is 4.72 Å². The Kier molecular flexibility index (Phi) is 6.75. The predicted molar refractivity (Wildman–Crippen MR) is 115 cm³/mol. The van der Waals surface area contributed by atoms with Crippen molar-refractivity contribution in [3.8, 4) is 0 Å². The van der Waals surface area contributed by atoms with Crippen LogP contribution in [0.15, 0.2) is 53.4 Å². The van der Waals surface area contributed by atoms with Gasteiger partial charge in [0.15, 0.2) is 0 Å². The average Bonchev–Trinajstić information content (AvgIpc) is 3.11. The normalized spacial score (nSPS) is 17.9. The van der Waals surface area contributed by atoms with Gasteiger partial charge in [0.1, 0.15) is 0 Å². The van der Waals surface area contributed by atoms with E-state index in [1.54, 1.807) is 12.1 Å². The van der Waals surface area contributed by atoms with Gasteiger partial charge in [-0.1, -0.05) is 31.2 Å². The molecule has 2 aromatic rings. The van der Waals surface area contributed by atoms with Gasteiger partial charge in [0.25, 0.3) is 10.0 Å². The van der Waals surface area contributed by atoms with Crippen molar-refractivity contribution in [2.24, 2.45) is 0 Å². The third-order valence-electron chi connectivity index (χ3n) is 5.18. The number of likely N-dealkylation sites (tertiary alicyclic amines) is 1. The van der Waals surface area contributed by atoms with Gasteiger partial charge in [0.2, 0.25) is 0 Å². The first-order chi connectivity index (χ1) is 13.4. The van der Waals surface area contributed by atoms with Gasteiger partial charge in [-0.3, -0.25) is 4.72 Å². The topological polar surface area (TPSA) is 52.7 Å². The first-order valence-electron chi connectivity index (χ1n) is 9.96. The monoisotopic (exact) mass is 401 g/mol. The van der Waals surface area contributed by atoms with Gasteiger partial charge < -0.3 is 9.80 Å². The zero-order chi connectivity index (χ0) is 20.1. The summed E-state index contributed by atoms with van der Waals surface area (Å²) in [5.74, 6) is 0.543. The molecular formula is C22H31N3O2S. The maximum Gasteiger partial charge on any atom is 0.261 e. The summed E-state index contributed by atoms with van der Waals surface area (Å²) >= 11 is 0. The third-order valence-corrected chi connectivity index (χ3v) is 6.58. The smallest absolute Gasteiger partial charge is 0.261 e. The van der Waals surface area contributed by atoms with E-state index in [9.17, 15) is 8.42 Å². The maximum absolute atomic E-state index is 12.7. The molecule has 1 N–H and O–H groups in total. The van der Waals surface area contributed by atoms with Gasteiger partial charge >= 0.3 is 0 Å². The standard InChI is InChI=1S/C22H31N3O2S/c1-4-14-25-15-13-20(17-25)19-7-9-21(10-8-19)23-28(26,27)22-11-5-18(6-12-22)16-24(2)3/h5-12,20,23H,4,13-17H2,1-3H3. The Morgan fingerprint density at radius 1 is 1.07 bits per heavy atom. The molecule has 1 saturated heterocycles. The quantitative estimate of drug-likeness (QED) is 0.732. The highest BCUT2D eigenvalue weighted by Crippen LogP contribution is 2.28. The van der Waals surface area contributed by atoms with Crippen LogP contribution in [0.3, 0.4) is 0 Å². The summed E-state index contributed by atoms with van der Waals surface area (Å²) in [7, 11) is 0.399. The van der Waals surface area contributed by atoms with Crippen LogP contribution in [0.2, 0.25) is 0 Å². The van der Waals surface area contributed by atoms with Crippen LogP contribution in [0.4, 0.5) is 5.69 Å². The van der Waals surface area contributed by atoms with Crippen molar-refractivity contribution >= 4 is 15.7 Å². The van der Waals surface area contributed by atoms with Gasteiger partial charge in [-0.05, 0) is 81.3 Å². The largest absolute Gasteiger partial charge is 0.305 e. The SMILES string of the molecule is CCCN1CCC(c2ccc(NS(=O)(=O)c3ccc(CN(C)C)cc3)cc2)C1. The van der Waals surface area contributed by atoms with Crippen LogP contribution in [0.25, 0.3) is 0 Å². The number of anilines is 1. The fourth-order valence-corrected chi connectivity index (χ4v) is 4.86.